The molecule has 3 aromatic rings. The van der Waals surface area contributed by atoms with Crippen LogP contribution in [0.2, 0.25) is 0 Å². The number of carbonyl (C=O) groups excluding carboxylic acids is 3. The number of benzene rings is 3. The largest absolute Gasteiger partial charge is 0.485 e. The number of hydrogen-bond donors (Lipinski definition) is 1. The van der Waals surface area contributed by atoms with Crippen LogP contribution in [0.4, 0.5) is 4.79 Å². The quantitative estimate of drug-likeness (QED) is 0.136. The van der Waals surface area contributed by atoms with E-state index in [1.807, 2.05) is 67.6 Å². The molecule has 0 radical (unpaired) electrons. The first kappa shape index (κ1) is 33.0. The highest BCUT2D eigenvalue weighted by Crippen LogP contribution is 2.32. The van der Waals surface area contributed by atoms with Gasteiger partial charge in [0.05, 0.1) is 6.10 Å². The highest BCUT2D eigenvalue weighted by Gasteiger charge is 2.47. The number of alkyl carbamates (subject to hydrolysis) is 1. The maximum atomic E-state index is 13.6. The van der Waals surface area contributed by atoms with E-state index in [0.29, 0.717) is 30.1 Å². The van der Waals surface area contributed by atoms with Gasteiger partial charge in [0.2, 0.25) is 0 Å². The fourth-order valence-corrected chi connectivity index (χ4v) is 4.00. The highest BCUT2D eigenvalue weighted by atomic mass is 16.6. The average Bonchev–Trinajstić information content (AvgIpc) is 2.95. The van der Waals surface area contributed by atoms with Gasteiger partial charge in [0.15, 0.2) is 11.5 Å². The van der Waals surface area contributed by atoms with Crippen molar-refractivity contribution in [2.24, 2.45) is 0 Å². The van der Waals surface area contributed by atoms with Crippen LogP contribution in [-0.4, -0.2) is 35.5 Å². The van der Waals surface area contributed by atoms with E-state index in [9.17, 15) is 14.4 Å². The van der Waals surface area contributed by atoms with Crippen molar-refractivity contribution in [2.45, 2.75) is 85.0 Å². The third-order valence-electron chi connectivity index (χ3n) is 6.17. The lowest BCUT2D eigenvalue weighted by Crippen LogP contribution is -2.60. The zero-order valence-electron chi connectivity index (χ0n) is 25.7. The summed E-state index contributed by atoms with van der Waals surface area (Å²) in [6.45, 7) is 10.3. The van der Waals surface area contributed by atoms with Gasteiger partial charge in [-0.15, -0.1) is 0 Å². The van der Waals surface area contributed by atoms with Gasteiger partial charge in [-0.05, 0) is 62.9 Å². The minimum absolute atomic E-state index is 0.257. The van der Waals surface area contributed by atoms with Gasteiger partial charge in [0.1, 0.15) is 18.8 Å². The van der Waals surface area contributed by atoms with Crippen LogP contribution in [0.15, 0.2) is 78.9 Å². The molecule has 3 rings (SSSR count). The number of nitrogens with one attached hydrogen (secondary N) is 1. The smallest absolute Gasteiger partial charge is 0.411 e. The van der Waals surface area contributed by atoms with Gasteiger partial charge in [0, 0.05) is 13.3 Å². The summed E-state index contributed by atoms with van der Waals surface area (Å²) in [6.07, 6.45) is -1.19. The Hall–Kier alpha value is -4.53. The molecule has 0 fully saturated rings. The number of hydrogen-bond acceptors (Lipinski definition) is 8. The molecule has 1 N–H and O–H groups in total. The molecule has 0 spiro atoms. The summed E-state index contributed by atoms with van der Waals surface area (Å²) in [5, 5.41) is 2.48. The van der Waals surface area contributed by atoms with Crippen molar-refractivity contribution in [2.75, 3.05) is 0 Å². The van der Waals surface area contributed by atoms with Crippen LogP contribution in [0.5, 0.6) is 11.5 Å². The number of rotatable bonds is 13. The lowest BCUT2D eigenvalue weighted by molar-refractivity contribution is -0.188. The first-order valence-corrected chi connectivity index (χ1v) is 14.3. The number of ether oxygens (including phenoxy) is 5. The molecule has 0 aliphatic rings. The van der Waals surface area contributed by atoms with Crippen molar-refractivity contribution in [1.29, 1.82) is 0 Å². The number of carbonyl (C=O) groups is 3. The van der Waals surface area contributed by atoms with E-state index in [1.54, 1.807) is 45.9 Å². The summed E-state index contributed by atoms with van der Waals surface area (Å²) >= 11 is 0. The van der Waals surface area contributed by atoms with Crippen LogP contribution in [0.1, 0.15) is 64.7 Å². The molecule has 0 aliphatic heterocycles. The van der Waals surface area contributed by atoms with E-state index in [-0.39, 0.29) is 13.0 Å². The van der Waals surface area contributed by atoms with Crippen molar-refractivity contribution >= 4 is 18.0 Å². The predicted octanol–water partition coefficient (Wildman–Crippen LogP) is 6.51. The Morgan fingerprint density at radius 3 is 1.84 bits per heavy atom. The SMILES string of the molecule is CCC(C)OC(=O)[C@@](Cc1ccc(OCc2ccccc2)c(OCc2ccccc2)c1)(NC(=O)OC(C)(C)C)OC(C)=O. The summed E-state index contributed by atoms with van der Waals surface area (Å²) in [4.78, 5) is 38.8. The van der Waals surface area contributed by atoms with Crippen LogP contribution >= 0.6 is 0 Å². The summed E-state index contributed by atoms with van der Waals surface area (Å²) < 4.78 is 28.8. The molecule has 0 aromatic heterocycles. The first-order valence-electron chi connectivity index (χ1n) is 14.3. The van der Waals surface area contributed by atoms with Crippen LogP contribution in [0.25, 0.3) is 0 Å². The Labute approximate surface area is 253 Å². The zero-order chi connectivity index (χ0) is 31.5. The molecule has 0 heterocycles. The van der Waals surface area contributed by atoms with Gasteiger partial charge in [0.25, 0.3) is 5.72 Å². The molecule has 1 amide bonds. The van der Waals surface area contributed by atoms with Crippen molar-refractivity contribution in [3.8, 4) is 11.5 Å². The Bertz CT molecular complexity index is 1350. The second-order valence-corrected chi connectivity index (χ2v) is 11.2. The molecule has 0 saturated carbocycles. The molecule has 3 aromatic carbocycles. The molecule has 9 heteroatoms. The van der Waals surface area contributed by atoms with Crippen LogP contribution in [0, 0.1) is 0 Å². The fraction of sp³-hybridized carbons (Fsp3) is 0.382. The molecular weight excluding hydrogens is 550 g/mol. The van der Waals surface area contributed by atoms with Crippen LogP contribution in [0.3, 0.4) is 0 Å². The lowest BCUT2D eigenvalue weighted by Gasteiger charge is -2.33. The van der Waals surface area contributed by atoms with Gasteiger partial charge in [-0.2, -0.15) is 0 Å². The van der Waals surface area contributed by atoms with Gasteiger partial charge in [-0.25, -0.2) is 9.59 Å². The predicted molar refractivity (Wildman–Crippen MR) is 161 cm³/mol. The van der Waals surface area contributed by atoms with Crippen LogP contribution in [-0.2, 0) is 43.4 Å². The molecule has 0 saturated heterocycles. The van der Waals surface area contributed by atoms with Crippen molar-refractivity contribution in [3.63, 3.8) is 0 Å². The molecule has 9 nitrogen and oxygen atoms in total. The second-order valence-electron chi connectivity index (χ2n) is 11.2. The standard InChI is InChI=1S/C34H41NO8/c1-7-24(2)41-31(37)34(42-25(3)36,35-32(38)43-33(4,5)6)21-28-18-19-29(39-22-26-14-10-8-11-15-26)30(20-28)40-23-27-16-12-9-13-17-27/h8-20,24H,7,21-23H2,1-6H3,(H,35,38)/t24?,34-/m0/s1. The van der Waals surface area contributed by atoms with Crippen molar-refractivity contribution in [1.82, 2.24) is 5.32 Å². The molecule has 0 bridgehead atoms. The lowest BCUT2D eigenvalue weighted by atomic mass is 10.0. The van der Waals surface area contributed by atoms with E-state index in [0.717, 1.165) is 18.1 Å². The topological polar surface area (TPSA) is 109 Å². The van der Waals surface area contributed by atoms with Gasteiger partial charge in [-0.1, -0.05) is 73.7 Å². The highest BCUT2D eigenvalue weighted by molar-refractivity contribution is 5.87. The Morgan fingerprint density at radius 2 is 1.33 bits per heavy atom. The zero-order valence-corrected chi connectivity index (χ0v) is 25.7. The monoisotopic (exact) mass is 591 g/mol. The Kier molecular flexibility index (Phi) is 11.6. The third-order valence-corrected chi connectivity index (χ3v) is 6.17. The molecule has 1 unspecified atom stereocenters. The summed E-state index contributed by atoms with van der Waals surface area (Å²) in [5.41, 5.74) is -0.652. The maximum absolute atomic E-state index is 13.6. The molecule has 230 valence electrons. The Balaban J connectivity index is 1.99. The number of esters is 2. The van der Waals surface area contributed by atoms with E-state index in [1.165, 1.54) is 0 Å². The normalized spacial score (nSPS) is 13.2. The van der Waals surface area contributed by atoms with Crippen molar-refractivity contribution < 1.29 is 38.1 Å². The third kappa shape index (κ3) is 10.7. The molecular formula is C34H41NO8. The average molecular weight is 592 g/mol. The summed E-state index contributed by atoms with van der Waals surface area (Å²) in [7, 11) is 0. The van der Waals surface area contributed by atoms with E-state index in [4.69, 9.17) is 23.7 Å². The molecule has 0 aliphatic carbocycles. The van der Waals surface area contributed by atoms with E-state index in [2.05, 4.69) is 5.32 Å². The minimum atomic E-state index is -2.21. The van der Waals surface area contributed by atoms with Gasteiger partial charge in [-0.3, -0.25) is 10.1 Å². The second kappa shape index (κ2) is 15.1. The summed E-state index contributed by atoms with van der Waals surface area (Å²) in [6, 6.07) is 24.4. The Morgan fingerprint density at radius 1 is 0.767 bits per heavy atom. The van der Waals surface area contributed by atoms with Gasteiger partial charge >= 0.3 is 18.0 Å². The van der Waals surface area contributed by atoms with Crippen molar-refractivity contribution in [3.05, 3.63) is 95.6 Å². The minimum Gasteiger partial charge on any atom is -0.485 e. The summed E-state index contributed by atoms with van der Waals surface area (Å²) in [5.74, 6) is -0.843. The first-order chi connectivity index (χ1) is 20.4. The van der Waals surface area contributed by atoms with E-state index >= 15 is 0 Å². The van der Waals surface area contributed by atoms with Gasteiger partial charge < -0.3 is 23.7 Å². The molecule has 2 atom stereocenters. The molecule has 43 heavy (non-hydrogen) atoms. The van der Waals surface area contributed by atoms with E-state index < -0.39 is 35.5 Å². The number of amides is 1. The van der Waals surface area contributed by atoms with Crippen LogP contribution < -0.4 is 14.8 Å². The maximum Gasteiger partial charge on any atom is 0.411 e. The fourth-order valence-electron chi connectivity index (χ4n) is 4.00.